The minimum absolute atomic E-state index is 0.395. The lowest BCUT2D eigenvalue weighted by Crippen LogP contribution is -2.07. The van der Waals surface area contributed by atoms with Crippen LogP contribution in [-0.2, 0) is 0 Å². The highest BCUT2D eigenvalue weighted by atomic mass is 15.1. The largest absolute Gasteiger partial charge is 0.378 e. The van der Waals surface area contributed by atoms with Crippen molar-refractivity contribution in [3.05, 3.63) is 46.3 Å². The van der Waals surface area contributed by atoms with Crippen molar-refractivity contribution in [1.29, 1.82) is 0 Å². The van der Waals surface area contributed by atoms with Crippen molar-refractivity contribution < 1.29 is 0 Å². The number of azide groups is 1. The van der Waals surface area contributed by atoms with Crippen molar-refractivity contribution in [2.45, 2.75) is 0 Å². The Morgan fingerprint density at radius 2 is 2.00 bits per heavy atom. The quantitative estimate of drug-likeness (QED) is 0.420. The Labute approximate surface area is 89.5 Å². The maximum atomic E-state index is 8.08. The van der Waals surface area contributed by atoms with E-state index >= 15 is 0 Å². The fourth-order valence-electron chi connectivity index (χ4n) is 1.16. The molecule has 0 aliphatic rings. The normalized spacial score (nSPS) is 10.0. The third kappa shape index (κ3) is 3.75. The Morgan fingerprint density at radius 1 is 1.33 bits per heavy atom. The first-order valence-electron chi connectivity index (χ1n) is 4.69. The summed E-state index contributed by atoms with van der Waals surface area (Å²) in [6, 6.07) is 8.16. The summed E-state index contributed by atoms with van der Waals surface area (Å²) in [5, 5.41) is 3.42. The molecule has 0 fully saturated rings. The molecule has 1 aromatic carbocycles. The van der Waals surface area contributed by atoms with Crippen molar-refractivity contribution >= 4 is 11.8 Å². The van der Waals surface area contributed by atoms with Gasteiger partial charge in [0.25, 0.3) is 0 Å². The van der Waals surface area contributed by atoms with Gasteiger partial charge < -0.3 is 4.90 Å². The van der Waals surface area contributed by atoms with Gasteiger partial charge in [-0.2, -0.15) is 0 Å². The molecule has 0 spiro atoms. The Balaban J connectivity index is 2.64. The summed E-state index contributed by atoms with van der Waals surface area (Å²) in [6.45, 7) is 0.395. The van der Waals surface area contributed by atoms with Crippen molar-refractivity contribution in [2.75, 3.05) is 25.5 Å². The van der Waals surface area contributed by atoms with E-state index in [0.29, 0.717) is 6.54 Å². The molecular formula is C11H14N4. The molecule has 0 aliphatic heterocycles. The van der Waals surface area contributed by atoms with Crippen LogP contribution < -0.4 is 4.90 Å². The molecule has 0 heterocycles. The van der Waals surface area contributed by atoms with Crippen LogP contribution in [0, 0.1) is 0 Å². The average molecular weight is 202 g/mol. The van der Waals surface area contributed by atoms with Crippen LogP contribution in [0.15, 0.2) is 35.5 Å². The van der Waals surface area contributed by atoms with Crippen LogP contribution in [0.5, 0.6) is 0 Å². The zero-order valence-corrected chi connectivity index (χ0v) is 8.96. The van der Waals surface area contributed by atoms with Gasteiger partial charge in [0, 0.05) is 31.2 Å². The summed E-state index contributed by atoms with van der Waals surface area (Å²) in [4.78, 5) is 4.72. The van der Waals surface area contributed by atoms with Crippen molar-refractivity contribution in [1.82, 2.24) is 0 Å². The van der Waals surface area contributed by atoms with Gasteiger partial charge in [0.2, 0.25) is 0 Å². The summed E-state index contributed by atoms with van der Waals surface area (Å²) in [6.07, 6.45) is 3.78. The van der Waals surface area contributed by atoms with Gasteiger partial charge in [0.05, 0.1) is 0 Å². The van der Waals surface area contributed by atoms with E-state index in [1.807, 2.05) is 55.4 Å². The monoisotopic (exact) mass is 202 g/mol. The van der Waals surface area contributed by atoms with Crippen LogP contribution in [-0.4, -0.2) is 20.6 Å². The molecule has 0 saturated heterocycles. The van der Waals surface area contributed by atoms with Gasteiger partial charge >= 0.3 is 0 Å². The van der Waals surface area contributed by atoms with Crippen LogP contribution in [0.1, 0.15) is 5.56 Å². The van der Waals surface area contributed by atoms with E-state index in [4.69, 9.17) is 5.53 Å². The van der Waals surface area contributed by atoms with Gasteiger partial charge in [-0.25, -0.2) is 0 Å². The molecule has 78 valence electrons. The Hall–Kier alpha value is -1.93. The maximum absolute atomic E-state index is 8.08. The molecule has 0 aromatic heterocycles. The average Bonchev–Trinajstić information content (AvgIpc) is 2.25. The zero-order chi connectivity index (χ0) is 11.1. The van der Waals surface area contributed by atoms with Crippen molar-refractivity contribution in [2.24, 2.45) is 5.11 Å². The third-order valence-corrected chi connectivity index (χ3v) is 1.97. The molecule has 15 heavy (non-hydrogen) atoms. The Kier molecular flexibility index (Phi) is 4.26. The molecule has 0 bridgehead atoms. The van der Waals surface area contributed by atoms with E-state index in [1.165, 1.54) is 5.69 Å². The Bertz CT molecular complexity index is 372. The molecule has 0 unspecified atom stereocenters. The first kappa shape index (κ1) is 11.1. The highest BCUT2D eigenvalue weighted by Gasteiger charge is 1.92. The van der Waals surface area contributed by atoms with E-state index in [9.17, 15) is 0 Å². The Morgan fingerprint density at radius 3 is 2.53 bits per heavy atom. The van der Waals surface area contributed by atoms with Crippen LogP contribution in [0.25, 0.3) is 16.5 Å². The van der Waals surface area contributed by atoms with E-state index in [0.717, 1.165) is 5.56 Å². The molecule has 4 nitrogen and oxygen atoms in total. The minimum atomic E-state index is 0.395. The van der Waals surface area contributed by atoms with E-state index in [2.05, 4.69) is 10.0 Å². The smallest absolute Gasteiger partial charge is 0.0443 e. The molecular weight excluding hydrogens is 188 g/mol. The van der Waals surface area contributed by atoms with Crippen LogP contribution >= 0.6 is 0 Å². The maximum Gasteiger partial charge on any atom is 0.0443 e. The lowest BCUT2D eigenvalue weighted by Gasteiger charge is -2.11. The molecule has 1 aromatic rings. The number of hydrogen-bond donors (Lipinski definition) is 0. The second-order valence-electron chi connectivity index (χ2n) is 3.30. The minimum Gasteiger partial charge on any atom is -0.378 e. The summed E-state index contributed by atoms with van der Waals surface area (Å²) < 4.78 is 0. The first-order valence-corrected chi connectivity index (χ1v) is 4.69. The number of nitrogens with zero attached hydrogens (tertiary/aromatic N) is 4. The van der Waals surface area contributed by atoms with Gasteiger partial charge in [-0.15, -0.1) is 0 Å². The van der Waals surface area contributed by atoms with Crippen LogP contribution in [0.3, 0.4) is 0 Å². The molecule has 0 aliphatic carbocycles. The first-order chi connectivity index (χ1) is 7.24. The SMILES string of the molecule is CN(C)c1ccc(C=CCN=[N+]=[N-])cc1. The van der Waals surface area contributed by atoms with Gasteiger partial charge in [0.1, 0.15) is 0 Å². The fraction of sp³-hybridized carbons (Fsp3) is 0.273. The van der Waals surface area contributed by atoms with Crippen molar-refractivity contribution in [3.63, 3.8) is 0 Å². The molecule has 0 radical (unpaired) electrons. The lowest BCUT2D eigenvalue weighted by molar-refractivity contribution is 1.13. The third-order valence-electron chi connectivity index (χ3n) is 1.97. The van der Waals surface area contributed by atoms with Gasteiger partial charge in [0.15, 0.2) is 0 Å². The van der Waals surface area contributed by atoms with Gasteiger partial charge in [-0.3, -0.25) is 0 Å². The molecule has 0 saturated carbocycles. The topological polar surface area (TPSA) is 52.0 Å². The summed E-state index contributed by atoms with van der Waals surface area (Å²) in [7, 11) is 4.01. The number of benzene rings is 1. The van der Waals surface area contributed by atoms with E-state index in [1.54, 1.807) is 0 Å². The summed E-state index contributed by atoms with van der Waals surface area (Å²) in [5.41, 5.74) is 10.4. The number of hydrogen-bond acceptors (Lipinski definition) is 2. The predicted molar refractivity (Wildman–Crippen MR) is 63.8 cm³/mol. The second kappa shape index (κ2) is 5.73. The zero-order valence-electron chi connectivity index (χ0n) is 8.96. The number of anilines is 1. The number of rotatable bonds is 4. The molecule has 0 atom stereocenters. The van der Waals surface area contributed by atoms with Crippen LogP contribution in [0.2, 0.25) is 0 Å². The van der Waals surface area contributed by atoms with E-state index < -0.39 is 0 Å². The van der Waals surface area contributed by atoms with Crippen LogP contribution in [0.4, 0.5) is 5.69 Å². The highest BCUT2D eigenvalue weighted by Crippen LogP contribution is 2.12. The molecule has 0 N–H and O–H groups in total. The second-order valence-corrected chi connectivity index (χ2v) is 3.30. The fourth-order valence-corrected chi connectivity index (χ4v) is 1.16. The van der Waals surface area contributed by atoms with Gasteiger partial charge in [-0.05, 0) is 23.2 Å². The van der Waals surface area contributed by atoms with E-state index in [-0.39, 0.29) is 0 Å². The highest BCUT2D eigenvalue weighted by molar-refractivity contribution is 5.55. The summed E-state index contributed by atoms with van der Waals surface area (Å²) in [5.74, 6) is 0. The summed E-state index contributed by atoms with van der Waals surface area (Å²) >= 11 is 0. The molecule has 4 heteroatoms. The molecule has 0 amide bonds. The molecule has 1 rings (SSSR count). The lowest BCUT2D eigenvalue weighted by atomic mass is 10.2. The van der Waals surface area contributed by atoms with Gasteiger partial charge in [-0.1, -0.05) is 29.4 Å². The predicted octanol–water partition coefficient (Wildman–Crippen LogP) is 3.08. The van der Waals surface area contributed by atoms with Crippen molar-refractivity contribution in [3.8, 4) is 0 Å². The standard InChI is InChI=1S/C11H14N4/c1-15(2)11-7-5-10(6-8-11)4-3-9-13-14-12/h3-8H,9H2,1-2H3.